The zero-order valence-electron chi connectivity index (χ0n) is 9.20. The van der Waals surface area contributed by atoms with Crippen LogP contribution in [0.2, 0.25) is 0 Å². The topological polar surface area (TPSA) is 75.6 Å². The van der Waals surface area contributed by atoms with Crippen molar-refractivity contribution in [3.8, 4) is 0 Å². The van der Waals surface area contributed by atoms with Gasteiger partial charge in [0, 0.05) is 0 Å². The standard InChI is InChI=1S/C9H16ClNO4/c1-5(12)6(7(10)13)11-8(14)15-9(2,3)4/h5-6,12H,1-4H3,(H,11,14)/t5-,6+/m1/s1. The third kappa shape index (κ3) is 6.30. The lowest BCUT2D eigenvalue weighted by atomic mass is 10.2. The van der Waals surface area contributed by atoms with Crippen LogP contribution >= 0.6 is 11.6 Å². The van der Waals surface area contributed by atoms with Crippen LogP contribution in [0, 0.1) is 0 Å². The molecule has 0 aromatic heterocycles. The number of ether oxygens (including phenoxy) is 1. The third-order valence-corrected chi connectivity index (χ3v) is 1.63. The van der Waals surface area contributed by atoms with Gasteiger partial charge in [0.25, 0.3) is 0 Å². The second-order valence-electron chi connectivity index (χ2n) is 4.17. The minimum atomic E-state index is -1.15. The van der Waals surface area contributed by atoms with E-state index in [4.69, 9.17) is 21.4 Å². The summed E-state index contributed by atoms with van der Waals surface area (Å²) >= 11 is 5.18. The van der Waals surface area contributed by atoms with Gasteiger partial charge in [-0.15, -0.1) is 0 Å². The summed E-state index contributed by atoms with van der Waals surface area (Å²) in [5.41, 5.74) is -0.664. The van der Waals surface area contributed by atoms with E-state index in [0.29, 0.717) is 0 Å². The van der Waals surface area contributed by atoms with Gasteiger partial charge >= 0.3 is 6.09 Å². The average Bonchev–Trinajstić information content (AvgIpc) is 1.95. The Labute approximate surface area is 93.7 Å². The van der Waals surface area contributed by atoms with E-state index in [1.807, 2.05) is 0 Å². The molecule has 88 valence electrons. The fourth-order valence-corrected chi connectivity index (χ4v) is 1.04. The third-order valence-electron chi connectivity index (χ3n) is 1.40. The summed E-state index contributed by atoms with van der Waals surface area (Å²) < 4.78 is 4.90. The zero-order chi connectivity index (χ0) is 12.2. The second-order valence-corrected chi connectivity index (χ2v) is 4.54. The van der Waals surface area contributed by atoms with E-state index in [9.17, 15) is 9.59 Å². The van der Waals surface area contributed by atoms with Gasteiger partial charge in [-0.3, -0.25) is 4.79 Å². The molecule has 0 aromatic carbocycles. The molecule has 2 atom stereocenters. The summed E-state index contributed by atoms with van der Waals surface area (Å²) in [4.78, 5) is 22.0. The fraction of sp³-hybridized carbons (Fsp3) is 0.778. The maximum absolute atomic E-state index is 11.2. The van der Waals surface area contributed by atoms with Crippen molar-refractivity contribution in [2.45, 2.75) is 45.4 Å². The molecular weight excluding hydrogens is 222 g/mol. The summed E-state index contributed by atoms with van der Waals surface area (Å²) in [5, 5.41) is 10.5. The van der Waals surface area contributed by atoms with Crippen LogP contribution in [-0.4, -0.2) is 34.2 Å². The Kier molecular flexibility index (Phi) is 5.03. The largest absolute Gasteiger partial charge is 0.444 e. The summed E-state index contributed by atoms with van der Waals surface area (Å²) in [6, 6.07) is -1.15. The second kappa shape index (κ2) is 5.32. The minimum Gasteiger partial charge on any atom is -0.444 e. The molecule has 0 aromatic rings. The maximum atomic E-state index is 11.2. The highest BCUT2D eigenvalue weighted by atomic mass is 35.5. The first kappa shape index (κ1) is 14.2. The maximum Gasteiger partial charge on any atom is 0.408 e. The molecular formula is C9H16ClNO4. The molecule has 0 aliphatic carbocycles. The van der Waals surface area contributed by atoms with Crippen molar-refractivity contribution in [2.24, 2.45) is 0 Å². The normalized spacial score (nSPS) is 15.3. The number of carbonyl (C=O) groups is 2. The number of halogens is 1. The van der Waals surface area contributed by atoms with Crippen LogP contribution in [0.3, 0.4) is 0 Å². The van der Waals surface area contributed by atoms with Crippen LogP contribution in [0.25, 0.3) is 0 Å². The molecule has 0 heterocycles. The first-order chi connectivity index (χ1) is 6.63. The van der Waals surface area contributed by atoms with E-state index >= 15 is 0 Å². The lowest BCUT2D eigenvalue weighted by molar-refractivity contribution is -0.115. The van der Waals surface area contributed by atoms with Gasteiger partial charge < -0.3 is 15.2 Å². The number of carbonyl (C=O) groups excluding carboxylic acids is 2. The minimum absolute atomic E-state index is 0.664. The number of rotatable bonds is 3. The molecule has 0 spiro atoms. The molecule has 0 bridgehead atoms. The first-order valence-corrected chi connectivity index (χ1v) is 4.88. The van der Waals surface area contributed by atoms with E-state index < -0.39 is 29.1 Å². The van der Waals surface area contributed by atoms with Crippen molar-refractivity contribution in [1.29, 1.82) is 0 Å². The molecule has 2 N–H and O–H groups in total. The molecule has 0 unspecified atom stereocenters. The van der Waals surface area contributed by atoms with Crippen LogP contribution in [0.15, 0.2) is 0 Å². The molecule has 5 nitrogen and oxygen atoms in total. The van der Waals surface area contributed by atoms with E-state index in [2.05, 4.69) is 5.32 Å². The summed E-state index contributed by atoms with van der Waals surface area (Å²) in [5.74, 6) is 0. The van der Waals surface area contributed by atoms with Crippen LogP contribution in [0.4, 0.5) is 4.79 Å². The van der Waals surface area contributed by atoms with Crippen molar-refractivity contribution < 1.29 is 19.4 Å². The Bertz CT molecular complexity index is 247. The first-order valence-electron chi connectivity index (χ1n) is 4.50. The predicted molar refractivity (Wildman–Crippen MR) is 55.7 cm³/mol. The van der Waals surface area contributed by atoms with E-state index in [-0.39, 0.29) is 0 Å². The van der Waals surface area contributed by atoms with Gasteiger partial charge in [0.05, 0.1) is 6.10 Å². The van der Waals surface area contributed by atoms with Gasteiger partial charge in [-0.2, -0.15) is 0 Å². The van der Waals surface area contributed by atoms with E-state index in [0.717, 1.165) is 0 Å². The van der Waals surface area contributed by atoms with Crippen LogP contribution < -0.4 is 5.32 Å². The van der Waals surface area contributed by atoms with Crippen molar-refractivity contribution in [1.82, 2.24) is 5.32 Å². The summed E-state index contributed by atoms with van der Waals surface area (Å²) in [6.07, 6.45) is -1.86. The van der Waals surface area contributed by atoms with E-state index in [1.165, 1.54) is 6.92 Å². The number of aliphatic hydroxyl groups excluding tert-OH is 1. The summed E-state index contributed by atoms with van der Waals surface area (Å²) in [6.45, 7) is 6.41. The molecule has 1 amide bonds. The number of alkyl carbamates (subject to hydrolysis) is 1. The molecule has 0 rings (SSSR count). The van der Waals surface area contributed by atoms with Gasteiger partial charge in [-0.1, -0.05) is 0 Å². The van der Waals surface area contributed by atoms with Crippen LogP contribution in [-0.2, 0) is 9.53 Å². The smallest absolute Gasteiger partial charge is 0.408 e. The molecule has 0 aliphatic heterocycles. The SMILES string of the molecule is C[C@@H](O)[C@H](NC(=O)OC(C)(C)C)C(=O)Cl. The van der Waals surface area contributed by atoms with E-state index in [1.54, 1.807) is 20.8 Å². The van der Waals surface area contributed by atoms with Gasteiger partial charge in [-0.05, 0) is 39.3 Å². The Morgan fingerprint density at radius 2 is 1.87 bits per heavy atom. The summed E-state index contributed by atoms with van der Waals surface area (Å²) in [7, 11) is 0. The zero-order valence-corrected chi connectivity index (χ0v) is 9.96. The molecule has 6 heteroatoms. The van der Waals surface area contributed by atoms with Crippen molar-refractivity contribution in [2.75, 3.05) is 0 Å². The fourth-order valence-electron chi connectivity index (χ4n) is 0.802. The highest BCUT2D eigenvalue weighted by Gasteiger charge is 2.26. The van der Waals surface area contributed by atoms with Crippen LogP contribution in [0.5, 0.6) is 0 Å². The number of nitrogens with one attached hydrogen (secondary N) is 1. The quantitative estimate of drug-likeness (QED) is 0.719. The molecule has 0 radical (unpaired) electrons. The Hall–Kier alpha value is -0.810. The Balaban J connectivity index is 4.31. The van der Waals surface area contributed by atoms with Gasteiger partial charge in [-0.25, -0.2) is 4.79 Å². The molecule has 0 saturated heterocycles. The van der Waals surface area contributed by atoms with Gasteiger partial charge in [0.2, 0.25) is 5.24 Å². The van der Waals surface area contributed by atoms with Crippen molar-refractivity contribution in [3.05, 3.63) is 0 Å². The molecule has 0 fully saturated rings. The van der Waals surface area contributed by atoms with Crippen molar-refractivity contribution >= 4 is 22.9 Å². The predicted octanol–water partition coefficient (Wildman–Crippen LogP) is 1.03. The Morgan fingerprint density at radius 1 is 1.40 bits per heavy atom. The van der Waals surface area contributed by atoms with Gasteiger partial charge in [0.15, 0.2) is 0 Å². The molecule has 0 aliphatic rings. The van der Waals surface area contributed by atoms with Crippen molar-refractivity contribution in [3.63, 3.8) is 0 Å². The lowest BCUT2D eigenvalue weighted by Crippen LogP contribution is -2.47. The molecule has 15 heavy (non-hydrogen) atoms. The van der Waals surface area contributed by atoms with Gasteiger partial charge in [0.1, 0.15) is 11.6 Å². The monoisotopic (exact) mass is 237 g/mol. The Morgan fingerprint density at radius 3 is 2.13 bits per heavy atom. The number of hydrogen-bond donors (Lipinski definition) is 2. The molecule has 0 saturated carbocycles. The average molecular weight is 238 g/mol. The highest BCUT2D eigenvalue weighted by molar-refractivity contribution is 6.64. The number of aliphatic hydroxyl groups is 1. The number of amides is 1. The highest BCUT2D eigenvalue weighted by Crippen LogP contribution is 2.07. The van der Waals surface area contributed by atoms with Crippen LogP contribution in [0.1, 0.15) is 27.7 Å². The number of hydrogen-bond acceptors (Lipinski definition) is 4. The lowest BCUT2D eigenvalue weighted by Gasteiger charge is -2.23.